The molecular formula is C27H26N4O. The van der Waals surface area contributed by atoms with Crippen LogP contribution in [-0.4, -0.2) is 26.6 Å². The van der Waals surface area contributed by atoms with E-state index in [0.717, 1.165) is 39.4 Å². The zero-order valence-electron chi connectivity index (χ0n) is 18.8. The Labute approximate surface area is 187 Å². The van der Waals surface area contributed by atoms with E-state index >= 15 is 0 Å². The highest BCUT2D eigenvalue weighted by atomic mass is 16.5. The molecule has 0 aliphatic carbocycles. The number of hydrogen-bond acceptors (Lipinski definition) is 4. The molecule has 3 aromatic carbocycles. The standard InChI is InChI=1S/C27H26N4O/c1-27(2,3)20-15-13-18(14-16-20)25-30-24-26(29-22-11-7-6-10-21(22)28-24)31(25)17-19-9-5-8-12-23(19)32-4/h5-16H,17H2,1-4H3. The van der Waals surface area contributed by atoms with E-state index in [1.54, 1.807) is 7.11 Å². The summed E-state index contributed by atoms with van der Waals surface area (Å²) in [5.41, 5.74) is 6.60. The molecule has 160 valence electrons. The first kappa shape index (κ1) is 20.2. The van der Waals surface area contributed by atoms with Gasteiger partial charge in [-0.15, -0.1) is 0 Å². The first-order chi connectivity index (χ1) is 15.4. The maximum absolute atomic E-state index is 5.61. The highest BCUT2D eigenvalue weighted by molar-refractivity contribution is 5.85. The molecule has 5 nitrogen and oxygen atoms in total. The first-order valence-electron chi connectivity index (χ1n) is 10.8. The molecule has 0 bridgehead atoms. The van der Waals surface area contributed by atoms with E-state index in [-0.39, 0.29) is 5.41 Å². The Morgan fingerprint density at radius 1 is 0.781 bits per heavy atom. The number of aromatic nitrogens is 4. The van der Waals surface area contributed by atoms with Gasteiger partial charge in [-0.25, -0.2) is 15.0 Å². The molecule has 0 aliphatic rings. The van der Waals surface area contributed by atoms with Crippen LogP contribution in [-0.2, 0) is 12.0 Å². The quantitative estimate of drug-likeness (QED) is 0.356. The summed E-state index contributed by atoms with van der Waals surface area (Å²) in [6.07, 6.45) is 0. The van der Waals surface area contributed by atoms with Crippen LogP contribution >= 0.6 is 0 Å². The minimum absolute atomic E-state index is 0.0942. The van der Waals surface area contributed by atoms with Crippen LogP contribution in [0.2, 0.25) is 0 Å². The summed E-state index contributed by atoms with van der Waals surface area (Å²) < 4.78 is 7.74. The maximum Gasteiger partial charge on any atom is 0.198 e. The molecule has 0 atom stereocenters. The lowest BCUT2D eigenvalue weighted by atomic mass is 9.87. The number of benzene rings is 3. The van der Waals surface area contributed by atoms with E-state index in [1.807, 2.05) is 42.5 Å². The van der Waals surface area contributed by atoms with Crippen LogP contribution in [0.15, 0.2) is 72.8 Å². The van der Waals surface area contributed by atoms with Gasteiger partial charge in [-0.3, -0.25) is 0 Å². The van der Waals surface area contributed by atoms with Crippen LogP contribution in [0.25, 0.3) is 33.7 Å². The van der Waals surface area contributed by atoms with E-state index in [2.05, 4.69) is 55.7 Å². The number of fused-ring (bicyclic) bond motifs is 2. The average Bonchev–Trinajstić information content (AvgIpc) is 3.14. The fourth-order valence-corrected chi connectivity index (χ4v) is 3.99. The summed E-state index contributed by atoms with van der Waals surface area (Å²) in [7, 11) is 1.70. The Kier molecular flexibility index (Phi) is 4.89. The molecule has 0 N–H and O–H groups in total. The second-order valence-corrected chi connectivity index (χ2v) is 9.02. The summed E-state index contributed by atoms with van der Waals surface area (Å²) >= 11 is 0. The molecule has 2 aromatic heterocycles. The van der Waals surface area contributed by atoms with Crippen LogP contribution in [0, 0.1) is 0 Å². The first-order valence-corrected chi connectivity index (χ1v) is 10.8. The van der Waals surface area contributed by atoms with Crippen molar-refractivity contribution < 1.29 is 4.74 Å². The molecule has 0 saturated heterocycles. The van der Waals surface area contributed by atoms with Gasteiger partial charge in [0.25, 0.3) is 0 Å². The van der Waals surface area contributed by atoms with Crippen LogP contribution in [0.3, 0.4) is 0 Å². The summed E-state index contributed by atoms with van der Waals surface area (Å²) in [5.74, 6) is 1.69. The van der Waals surface area contributed by atoms with Crippen molar-refractivity contribution in [3.05, 3.63) is 83.9 Å². The highest BCUT2D eigenvalue weighted by Crippen LogP contribution is 2.30. The largest absolute Gasteiger partial charge is 0.496 e. The van der Waals surface area contributed by atoms with Gasteiger partial charge < -0.3 is 9.30 Å². The molecule has 0 amide bonds. The zero-order chi connectivity index (χ0) is 22.3. The summed E-state index contributed by atoms with van der Waals surface area (Å²) in [6, 6.07) is 24.6. The third kappa shape index (κ3) is 3.60. The number of methoxy groups -OCH3 is 1. The Balaban J connectivity index is 1.72. The number of para-hydroxylation sites is 3. The predicted octanol–water partition coefficient (Wildman–Crippen LogP) is 6.00. The van der Waals surface area contributed by atoms with Crippen molar-refractivity contribution in [3.63, 3.8) is 0 Å². The van der Waals surface area contributed by atoms with E-state index in [4.69, 9.17) is 19.7 Å². The summed E-state index contributed by atoms with van der Waals surface area (Å²) in [6.45, 7) is 7.25. The van der Waals surface area contributed by atoms with E-state index in [0.29, 0.717) is 12.2 Å². The number of nitrogens with zero attached hydrogens (tertiary/aromatic N) is 4. The lowest BCUT2D eigenvalue weighted by Crippen LogP contribution is -2.10. The fraction of sp³-hybridized carbons (Fsp3) is 0.222. The van der Waals surface area contributed by atoms with Gasteiger partial charge >= 0.3 is 0 Å². The van der Waals surface area contributed by atoms with E-state index in [9.17, 15) is 0 Å². The monoisotopic (exact) mass is 422 g/mol. The highest BCUT2D eigenvalue weighted by Gasteiger charge is 2.19. The molecule has 5 rings (SSSR count). The third-order valence-corrected chi connectivity index (χ3v) is 5.79. The number of ether oxygens (including phenoxy) is 1. The fourth-order valence-electron chi connectivity index (χ4n) is 3.99. The van der Waals surface area contributed by atoms with Gasteiger partial charge in [0, 0.05) is 11.1 Å². The smallest absolute Gasteiger partial charge is 0.198 e. The SMILES string of the molecule is COc1ccccc1Cn1c(-c2ccc(C(C)(C)C)cc2)nc2nc3ccccc3nc21. The lowest BCUT2D eigenvalue weighted by molar-refractivity contribution is 0.408. The van der Waals surface area contributed by atoms with Gasteiger partial charge in [-0.1, -0.05) is 75.4 Å². The molecule has 32 heavy (non-hydrogen) atoms. The van der Waals surface area contributed by atoms with Crippen molar-refractivity contribution in [2.75, 3.05) is 7.11 Å². The van der Waals surface area contributed by atoms with Crippen LogP contribution < -0.4 is 4.74 Å². The summed E-state index contributed by atoms with van der Waals surface area (Å²) in [4.78, 5) is 14.7. The molecule has 0 aliphatic heterocycles. The van der Waals surface area contributed by atoms with Gasteiger partial charge in [0.1, 0.15) is 11.6 Å². The predicted molar refractivity (Wildman–Crippen MR) is 129 cm³/mol. The van der Waals surface area contributed by atoms with Crippen LogP contribution in [0.5, 0.6) is 5.75 Å². The van der Waals surface area contributed by atoms with Crippen molar-refractivity contribution in [1.29, 1.82) is 0 Å². The maximum atomic E-state index is 5.61. The van der Waals surface area contributed by atoms with Crippen molar-refractivity contribution in [2.24, 2.45) is 0 Å². The molecule has 0 saturated carbocycles. The van der Waals surface area contributed by atoms with Gasteiger partial charge in [0.15, 0.2) is 11.3 Å². The molecule has 5 aromatic rings. The minimum atomic E-state index is 0.0942. The van der Waals surface area contributed by atoms with E-state index < -0.39 is 0 Å². The second-order valence-electron chi connectivity index (χ2n) is 9.02. The van der Waals surface area contributed by atoms with Gasteiger partial charge in [-0.2, -0.15) is 0 Å². The lowest BCUT2D eigenvalue weighted by Gasteiger charge is -2.19. The van der Waals surface area contributed by atoms with Crippen molar-refractivity contribution in [3.8, 4) is 17.1 Å². The number of hydrogen-bond donors (Lipinski definition) is 0. The Hall–Kier alpha value is -3.73. The van der Waals surface area contributed by atoms with Crippen molar-refractivity contribution in [2.45, 2.75) is 32.7 Å². The Morgan fingerprint density at radius 2 is 1.44 bits per heavy atom. The average molecular weight is 423 g/mol. The topological polar surface area (TPSA) is 52.8 Å². The van der Waals surface area contributed by atoms with Crippen LogP contribution in [0.1, 0.15) is 31.9 Å². The molecule has 0 fully saturated rings. The van der Waals surface area contributed by atoms with Crippen LogP contribution in [0.4, 0.5) is 0 Å². The minimum Gasteiger partial charge on any atom is -0.496 e. The second kappa shape index (κ2) is 7.75. The zero-order valence-corrected chi connectivity index (χ0v) is 18.8. The Bertz CT molecular complexity index is 1410. The molecule has 2 heterocycles. The molecule has 0 spiro atoms. The molecule has 5 heteroatoms. The Morgan fingerprint density at radius 3 is 2.12 bits per heavy atom. The van der Waals surface area contributed by atoms with Crippen molar-refractivity contribution >= 4 is 22.3 Å². The van der Waals surface area contributed by atoms with Crippen molar-refractivity contribution in [1.82, 2.24) is 19.5 Å². The molecular weight excluding hydrogens is 396 g/mol. The molecule has 0 radical (unpaired) electrons. The van der Waals surface area contributed by atoms with Gasteiger partial charge in [0.2, 0.25) is 0 Å². The van der Waals surface area contributed by atoms with Gasteiger partial charge in [0.05, 0.1) is 24.7 Å². The van der Waals surface area contributed by atoms with E-state index in [1.165, 1.54) is 5.56 Å². The number of rotatable bonds is 4. The number of imidazole rings is 1. The summed E-state index contributed by atoms with van der Waals surface area (Å²) in [5, 5.41) is 0. The third-order valence-electron chi connectivity index (χ3n) is 5.79. The van der Waals surface area contributed by atoms with Gasteiger partial charge in [-0.05, 0) is 29.2 Å². The molecule has 0 unspecified atom stereocenters. The normalized spacial score (nSPS) is 11.9.